The molecule has 6 nitrogen and oxygen atoms in total. The fraction of sp³-hybridized carbons (Fsp3) is 0. The van der Waals surface area contributed by atoms with Crippen molar-refractivity contribution in [2.75, 3.05) is 0 Å². The zero-order valence-corrected chi connectivity index (χ0v) is 13.5. The van der Waals surface area contributed by atoms with Gasteiger partial charge in [0, 0.05) is 5.39 Å². The van der Waals surface area contributed by atoms with Crippen molar-refractivity contribution >= 4 is 32.5 Å². The van der Waals surface area contributed by atoms with Gasteiger partial charge in [-0.15, -0.1) is 0 Å². The zero-order chi connectivity index (χ0) is 18.2. The molecule has 0 saturated carbocycles. The lowest BCUT2D eigenvalue weighted by Gasteiger charge is -2.14. The van der Waals surface area contributed by atoms with E-state index in [4.69, 9.17) is 0 Å². The Bertz CT molecular complexity index is 1100. The van der Waals surface area contributed by atoms with Gasteiger partial charge in [-0.1, -0.05) is 42.5 Å². The predicted molar refractivity (Wildman–Crippen MR) is 89.8 cm³/mol. The number of benzene rings is 3. The molecule has 0 aromatic heterocycles. The van der Waals surface area contributed by atoms with Crippen molar-refractivity contribution in [1.29, 1.82) is 0 Å². The summed E-state index contributed by atoms with van der Waals surface area (Å²) in [6, 6.07) is 14.7. The highest BCUT2D eigenvalue weighted by molar-refractivity contribution is 7.91. The number of aromatic carboxylic acids is 2. The van der Waals surface area contributed by atoms with E-state index >= 15 is 0 Å². The van der Waals surface area contributed by atoms with E-state index in [0.717, 1.165) is 0 Å². The molecule has 0 radical (unpaired) electrons. The minimum atomic E-state index is -4.24. The molecule has 0 spiro atoms. The molecule has 0 bridgehead atoms. The van der Waals surface area contributed by atoms with Gasteiger partial charge >= 0.3 is 11.9 Å². The minimum Gasteiger partial charge on any atom is -0.478 e. The average molecular weight is 356 g/mol. The van der Waals surface area contributed by atoms with Crippen LogP contribution in [0.4, 0.5) is 0 Å². The molecule has 0 aliphatic heterocycles. The van der Waals surface area contributed by atoms with Crippen molar-refractivity contribution in [2.45, 2.75) is 9.79 Å². The SMILES string of the molecule is O=C(O)c1cc2ccccc2c(S(=O)(=O)c2ccccc2)c1C(=O)O. The van der Waals surface area contributed by atoms with E-state index in [9.17, 15) is 28.2 Å². The summed E-state index contributed by atoms with van der Waals surface area (Å²) in [5.74, 6) is -3.12. The molecule has 3 rings (SSSR count). The number of rotatable bonds is 4. The maximum absolute atomic E-state index is 13.1. The molecule has 0 atom stereocenters. The zero-order valence-electron chi connectivity index (χ0n) is 12.7. The third-order valence-electron chi connectivity index (χ3n) is 3.77. The van der Waals surface area contributed by atoms with Crippen LogP contribution in [0.5, 0.6) is 0 Å². The number of carboxylic acids is 2. The standard InChI is InChI=1S/C18H12O6S/c19-17(20)14-10-11-6-4-5-9-13(11)16(15(14)18(21)22)25(23,24)12-7-2-1-3-8-12/h1-10H,(H,19,20)(H,21,22). The van der Waals surface area contributed by atoms with Crippen molar-refractivity contribution in [3.05, 3.63) is 71.8 Å². The summed E-state index contributed by atoms with van der Waals surface area (Å²) in [5.41, 5.74) is -1.31. The molecule has 0 unspecified atom stereocenters. The minimum absolute atomic E-state index is 0.106. The number of carboxylic acid groups (broad SMARTS) is 2. The second-order valence-electron chi connectivity index (χ2n) is 5.28. The number of fused-ring (bicyclic) bond motifs is 1. The third kappa shape index (κ3) is 2.74. The molecule has 0 heterocycles. The van der Waals surface area contributed by atoms with Crippen molar-refractivity contribution in [2.24, 2.45) is 0 Å². The van der Waals surface area contributed by atoms with E-state index < -0.39 is 37.8 Å². The van der Waals surface area contributed by atoms with Crippen molar-refractivity contribution in [3.63, 3.8) is 0 Å². The molecular weight excluding hydrogens is 344 g/mol. The van der Waals surface area contributed by atoms with Crippen LogP contribution in [0.1, 0.15) is 20.7 Å². The van der Waals surface area contributed by atoms with Gasteiger partial charge in [-0.3, -0.25) is 0 Å². The lowest BCUT2D eigenvalue weighted by atomic mass is 10.0. The summed E-state index contributed by atoms with van der Waals surface area (Å²) in [5, 5.41) is 19.4. The first-order valence-corrected chi connectivity index (χ1v) is 8.65. The molecule has 3 aromatic rings. The summed E-state index contributed by atoms with van der Waals surface area (Å²) < 4.78 is 26.2. The number of hydrogen-bond donors (Lipinski definition) is 2. The van der Waals surface area contributed by atoms with Gasteiger partial charge in [0.25, 0.3) is 0 Å². The summed E-state index contributed by atoms with van der Waals surface area (Å²) in [6.45, 7) is 0. The summed E-state index contributed by atoms with van der Waals surface area (Å²) >= 11 is 0. The summed E-state index contributed by atoms with van der Waals surface area (Å²) in [7, 11) is -4.24. The Labute approximate surface area is 142 Å². The Kier molecular flexibility index (Phi) is 4.02. The Hall–Kier alpha value is -3.19. The molecule has 2 N–H and O–H groups in total. The van der Waals surface area contributed by atoms with E-state index in [1.165, 1.54) is 42.5 Å². The molecule has 0 aliphatic carbocycles. The van der Waals surface area contributed by atoms with Gasteiger partial charge in [0.1, 0.15) is 0 Å². The largest absolute Gasteiger partial charge is 0.478 e. The molecule has 0 fully saturated rings. The van der Waals surface area contributed by atoms with Gasteiger partial charge < -0.3 is 10.2 Å². The quantitative estimate of drug-likeness (QED) is 0.744. The molecule has 0 amide bonds. The normalized spacial score (nSPS) is 11.4. The molecule has 0 saturated heterocycles. The van der Waals surface area contributed by atoms with Crippen molar-refractivity contribution in [1.82, 2.24) is 0 Å². The van der Waals surface area contributed by atoms with Crippen LogP contribution in [-0.4, -0.2) is 30.6 Å². The molecular formula is C18H12O6S. The Balaban J connectivity index is 2.54. The van der Waals surface area contributed by atoms with Crippen LogP contribution >= 0.6 is 0 Å². The molecule has 126 valence electrons. The molecule has 7 heteroatoms. The van der Waals surface area contributed by atoms with Gasteiger partial charge in [0.15, 0.2) is 0 Å². The van der Waals surface area contributed by atoms with Gasteiger partial charge in [-0.2, -0.15) is 0 Å². The van der Waals surface area contributed by atoms with Crippen LogP contribution in [-0.2, 0) is 9.84 Å². The van der Waals surface area contributed by atoms with Gasteiger partial charge in [-0.25, -0.2) is 18.0 Å². The van der Waals surface area contributed by atoms with Crippen LogP contribution < -0.4 is 0 Å². The highest BCUT2D eigenvalue weighted by atomic mass is 32.2. The topological polar surface area (TPSA) is 109 Å². The van der Waals surface area contributed by atoms with Crippen LogP contribution in [0.3, 0.4) is 0 Å². The maximum Gasteiger partial charge on any atom is 0.337 e. The number of hydrogen-bond acceptors (Lipinski definition) is 4. The fourth-order valence-electron chi connectivity index (χ4n) is 2.69. The van der Waals surface area contributed by atoms with Gasteiger partial charge in [0.2, 0.25) is 9.84 Å². The Morgan fingerprint density at radius 2 is 1.40 bits per heavy atom. The van der Waals surface area contributed by atoms with Gasteiger partial charge in [0.05, 0.1) is 20.9 Å². The Morgan fingerprint density at radius 1 is 0.800 bits per heavy atom. The Morgan fingerprint density at radius 3 is 2.00 bits per heavy atom. The van der Waals surface area contributed by atoms with E-state index in [1.807, 2.05) is 0 Å². The number of sulfone groups is 1. The van der Waals surface area contributed by atoms with Crippen molar-refractivity contribution < 1.29 is 28.2 Å². The highest BCUT2D eigenvalue weighted by Crippen LogP contribution is 2.34. The van der Waals surface area contributed by atoms with Crippen LogP contribution in [0, 0.1) is 0 Å². The van der Waals surface area contributed by atoms with Crippen molar-refractivity contribution in [3.8, 4) is 0 Å². The second kappa shape index (κ2) is 6.03. The molecule has 3 aromatic carbocycles. The maximum atomic E-state index is 13.1. The van der Waals surface area contributed by atoms with Crippen LogP contribution in [0.2, 0.25) is 0 Å². The second-order valence-corrected chi connectivity index (χ2v) is 7.16. The third-order valence-corrected chi connectivity index (χ3v) is 5.62. The van der Waals surface area contributed by atoms with Crippen LogP contribution in [0.15, 0.2) is 70.5 Å². The number of carbonyl (C=O) groups is 2. The lowest BCUT2D eigenvalue weighted by molar-refractivity contribution is 0.0648. The molecule has 25 heavy (non-hydrogen) atoms. The van der Waals surface area contributed by atoms with E-state index in [2.05, 4.69) is 0 Å². The molecule has 0 aliphatic rings. The highest BCUT2D eigenvalue weighted by Gasteiger charge is 2.31. The predicted octanol–water partition coefficient (Wildman–Crippen LogP) is 3.07. The van der Waals surface area contributed by atoms with E-state index in [1.54, 1.807) is 18.2 Å². The first-order valence-electron chi connectivity index (χ1n) is 7.16. The van der Waals surface area contributed by atoms with E-state index in [0.29, 0.717) is 5.39 Å². The first kappa shape index (κ1) is 16.7. The summed E-state index contributed by atoms with van der Waals surface area (Å²) in [4.78, 5) is 22.6. The smallest absolute Gasteiger partial charge is 0.337 e. The van der Waals surface area contributed by atoms with Crippen LogP contribution in [0.25, 0.3) is 10.8 Å². The summed E-state index contributed by atoms with van der Waals surface area (Å²) in [6.07, 6.45) is 0. The fourth-order valence-corrected chi connectivity index (χ4v) is 4.38. The first-order chi connectivity index (χ1) is 11.8. The average Bonchev–Trinajstić information content (AvgIpc) is 2.60. The monoisotopic (exact) mass is 356 g/mol. The van der Waals surface area contributed by atoms with Gasteiger partial charge in [-0.05, 0) is 23.6 Å². The van der Waals surface area contributed by atoms with E-state index in [-0.39, 0.29) is 10.3 Å². The lowest BCUT2D eigenvalue weighted by Crippen LogP contribution is -2.16.